The van der Waals surface area contributed by atoms with Crippen LogP contribution in [0, 0.1) is 15.5 Å². The van der Waals surface area contributed by atoms with Gasteiger partial charge in [0.05, 0.1) is 11.0 Å². The minimum atomic E-state index is -1.01. The summed E-state index contributed by atoms with van der Waals surface area (Å²) in [7, 11) is 0. The lowest BCUT2D eigenvalue weighted by atomic mass is 9.84. The van der Waals surface area contributed by atoms with Crippen LogP contribution < -0.4 is 10.6 Å². The Labute approximate surface area is 241 Å². The van der Waals surface area contributed by atoms with Gasteiger partial charge in [-0.1, -0.05) is 51.1 Å². The third-order valence-corrected chi connectivity index (χ3v) is 7.58. The molecule has 10 heteroatoms. The molecule has 2 unspecified atom stereocenters. The molecule has 220 valence electrons. The van der Waals surface area contributed by atoms with Crippen LogP contribution in [0.4, 0.5) is 10.5 Å². The molecule has 41 heavy (non-hydrogen) atoms. The summed E-state index contributed by atoms with van der Waals surface area (Å²) in [5, 5.41) is 17.4. The van der Waals surface area contributed by atoms with E-state index in [-0.39, 0.29) is 30.6 Å². The van der Waals surface area contributed by atoms with Crippen molar-refractivity contribution in [3.05, 3.63) is 74.8 Å². The molecule has 3 atom stereocenters. The quantitative estimate of drug-likeness (QED) is 0.389. The number of non-ortho nitro benzene ring substituents is 1. The number of ether oxygens (including phenoxy) is 1. The molecule has 0 radical (unpaired) electrons. The summed E-state index contributed by atoms with van der Waals surface area (Å²) < 4.78 is 5.43. The van der Waals surface area contributed by atoms with Gasteiger partial charge in [-0.05, 0) is 67.7 Å². The maximum Gasteiger partial charge on any atom is 0.408 e. The minimum absolute atomic E-state index is 0.00222. The molecule has 10 nitrogen and oxygen atoms in total. The van der Waals surface area contributed by atoms with Crippen molar-refractivity contribution in [2.24, 2.45) is 5.41 Å². The van der Waals surface area contributed by atoms with Crippen LogP contribution in [-0.2, 0) is 33.7 Å². The van der Waals surface area contributed by atoms with Gasteiger partial charge in [0.2, 0.25) is 11.8 Å². The van der Waals surface area contributed by atoms with E-state index >= 15 is 0 Å². The van der Waals surface area contributed by atoms with E-state index in [0.29, 0.717) is 5.56 Å². The zero-order chi connectivity index (χ0) is 30.1. The number of hydrogen-bond acceptors (Lipinski definition) is 6. The van der Waals surface area contributed by atoms with Crippen LogP contribution in [0.2, 0.25) is 0 Å². The molecular weight excluding hydrogens is 524 g/mol. The van der Waals surface area contributed by atoms with Crippen molar-refractivity contribution < 1.29 is 24.0 Å². The van der Waals surface area contributed by atoms with Gasteiger partial charge in [0.25, 0.3) is 5.69 Å². The first kappa shape index (κ1) is 30.0. The molecule has 1 aliphatic carbocycles. The molecule has 0 spiro atoms. The van der Waals surface area contributed by atoms with Crippen molar-refractivity contribution in [2.75, 3.05) is 0 Å². The lowest BCUT2D eigenvalue weighted by Gasteiger charge is -2.41. The number of nitro groups is 1. The Morgan fingerprint density at radius 2 is 1.73 bits per heavy atom. The second-order valence-electron chi connectivity index (χ2n) is 13.0. The lowest BCUT2D eigenvalue weighted by molar-refractivity contribution is -0.385. The highest BCUT2D eigenvalue weighted by Gasteiger charge is 2.43. The maximum absolute atomic E-state index is 14.2. The predicted molar refractivity (Wildman–Crippen MR) is 154 cm³/mol. The number of aryl methyl sites for hydroxylation is 1. The molecule has 0 saturated heterocycles. The summed E-state index contributed by atoms with van der Waals surface area (Å²) in [6.07, 6.45) is 2.14. The van der Waals surface area contributed by atoms with Gasteiger partial charge in [-0.15, -0.1) is 0 Å². The fourth-order valence-corrected chi connectivity index (χ4v) is 5.56. The monoisotopic (exact) mass is 564 g/mol. The smallest absolute Gasteiger partial charge is 0.408 e. The van der Waals surface area contributed by atoms with Crippen molar-refractivity contribution in [3.63, 3.8) is 0 Å². The van der Waals surface area contributed by atoms with Crippen LogP contribution in [0.1, 0.15) is 82.7 Å². The first-order chi connectivity index (χ1) is 19.1. The molecule has 0 fully saturated rings. The van der Waals surface area contributed by atoms with Gasteiger partial charge in [0.15, 0.2) is 0 Å². The lowest BCUT2D eigenvalue weighted by Crippen LogP contribution is -2.61. The molecule has 0 aromatic heterocycles. The Hall–Kier alpha value is -3.95. The van der Waals surface area contributed by atoms with Crippen LogP contribution in [0.5, 0.6) is 0 Å². The number of amides is 3. The van der Waals surface area contributed by atoms with E-state index in [2.05, 4.69) is 16.7 Å². The topological polar surface area (TPSA) is 131 Å². The molecule has 2 aromatic rings. The number of benzene rings is 2. The number of hydrogen-bond donors (Lipinski definition) is 2. The van der Waals surface area contributed by atoms with E-state index in [1.54, 1.807) is 26.8 Å². The van der Waals surface area contributed by atoms with E-state index in [9.17, 15) is 24.5 Å². The first-order valence-corrected chi connectivity index (χ1v) is 14.1. The number of nitro benzene ring substituents is 1. The third-order valence-electron chi connectivity index (χ3n) is 7.58. The number of nitrogens with zero attached hydrogens (tertiary/aromatic N) is 2. The number of carbonyl (C=O) groups excluding carboxylic acids is 3. The highest BCUT2D eigenvalue weighted by Crippen LogP contribution is 2.33. The second kappa shape index (κ2) is 11.5. The first-order valence-electron chi connectivity index (χ1n) is 14.1. The van der Waals surface area contributed by atoms with Crippen molar-refractivity contribution in [3.8, 4) is 0 Å². The Morgan fingerprint density at radius 3 is 2.39 bits per heavy atom. The van der Waals surface area contributed by atoms with Gasteiger partial charge < -0.3 is 20.3 Å². The number of carbonyl (C=O) groups is 3. The normalized spacial score (nSPS) is 19.3. The molecule has 3 amide bonds. The van der Waals surface area contributed by atoms with Gasteiger partial charge in [-0.25, -0.2) is 4.79 Å². The number of rotatable bonds is 5. The van der Waals surface area contributed by atoms with E-state index in [1.165, 1.54) is 22.6 Å². The summed E-state index contributed by atoms with van der Waals surface area (Å²) in [6, 6.07) is 10.5. The van der Waals surface area contributed by atoms with E-state index in [1.807, 2.05) is 39.0 Å². The molecule has 2 aliphatic rings. The molecule has 1 heterocycles. The summed E-state index contributed by atoms with van der Waals surface area (Å²) >= 11 is 0. The third kappa shape index (κ3) is 7.04. The Kier molecular flexibility index (Phi) is 8.42. The molecule has 1 aliphatic heterocycles. The van der Waals surface area contributed by atoms with Crippen LogP contribution >= 0.6 is 0 Å². The Morgan fingerprint density at radius 1 is 1.02 bits per heavy atom. The predicted octanol–water partition coefficient (Wildman–Crippen LogP) is 4.98. The molecule has 0 saturated carbocycles. The molecule has 2 aromatic carbocycles. The zero-order valence-electron chi connectivity index (χ0n) is 24.7. The van der Waals surface area contributed by atoms with Crippen molar-refractivity contribution in [1.82, 2.24) is 15.5 Å². The molecule has 0 bridgehead atoms. The van der Waals surface area contributed by atoms with Crippen molar-refractivity contribution in [2.45, 2.75) is 97.5 Å². The van der Waals surface area contributed by atoms with Crippen molar-refractivity contribution in [1.29, 1.82) is 0 Å². The van der Waals surface area contributed by atoms with E-state index < -0.39 is 40.0 Å². The van der Waals surface area contributed by atoms with E-state index in [0.717, 1.165) is 30.4 Å². The minimum Gasteiger partial charge on any atom is -0.444 e. The molecular formula is C31H40N4O6. The summed E-state index contributed by atoms with van der Waals surface area (Å²) in [5.74, 6) is -0.751. The highest BCUT2D eigenvalue weighted by molar-refractivity contribution is 5.92. The number of nitrogens with one attached hydrogen (secondary N) is 2. The van der Waals surface area contributed by atoms with Gasteiger partial charge in [-0.2, -0.15) is 0 Å². The van der Waals surface area contributed by atoms with E-state index in [4.69, 9.17) is 4.74 Å². The summed E-state index contributed by atoms with van der Waals surface area (Å²) in [4.78, 5) is 53.4. The zero-order valence-corrected chi connectivity index (χ0v) is 24.7. The summed E-state index contributed by atoms with van der Waals surface area (Å²) in [5.41, 5.74) is 2.08. The fraction of sp³-hybridized carbons (Fsp3) is 0.516. The van der Waals surface area contributed by atoms with Crippen LogP contribution in [0.3, 0.4) is 0 Å². The largest absolute Gasteiger partial charge is 0.444 e. The maximum atomic E-state index is 14.2. The fourth-order valence-electron chi connectivity index (χ4n) is 5.56. The average Bonchev–Trinajstić information content (AvgIpc) is 2.88. The molecule has 4 rings (SSSR count). The number of fused-ring (bicyclic) bond motifs is 2. The van der Waals surface area contributed by atoms with Gasteiger partial charge in [0, 0.05) is 25.1 Å². The van der Waals surface area contributed by atoms with Gasteiger partial charge in [-0.3, -0.25) is 19.7 Å². The highest BCUT2D eigenvalue weighted by atomic mass is 16.6. The van der Waals surface area contributed by atoms with Gasteiger partial charge >= 0.3 is 6.09 Å². The second-order valence-corrected chi connectivity index (χ2v) is 13.0. The van der Waals surface area contributed by atoms with Gasteiger partial charge in [0.1, 0.15) is 17.7 Å². The Balaban J connectivity index is 1.67. The van der Waals surface area contributed by atoms with Crippen LogP contribution in [-0.4, -0.2) is 45.4 Å². The molecule has 2 N–H and O–H groups in total. The SMILES string of the molecule is CC(C)(C)OC(=O)NC(C(=O)N1Cc2cc([N+](=O)[O-])ccc2C[C@H]1C(=O)NC1CCCc2ccccc21)C(C)(C)C. The average molecular weight is 565 g/mol. The summed E-state index contributed by atoms with van der Waals surface area (Å²) in [6.45, 7) is 10.7. The standard InChI is InChI=1S/C31H40N4O6/c1-30(2,3)26(33-29(38)41-31(4,5)6)28(37)34-18-21-16-22(35(39)40)15-14-20(21)17-25(34)27(36)32-24-13-9-11-19-10-7-8-12-23(19)24/h7-8,10,12,14-16,24-26H,9,11,13,17-18H2,1-6H3,(H,32,36)(H,33,38)/t24?,25-,26?/m0/s1. The van der Waals surface area contributed by atoms with Crippen LogP contribution in [0.15, 0.2) is 42.5 Å². The van der Waals surface area contributed by atoms with Crippen molar-refractivity contribution >= 4 is 23.6 Å². The number of alkyl carbamates (subject to hydrolysis) is 1. The van der Waals surface area contributed by atoms with Crippen LogP contribution in [0.25, 0.3) is 0 Å². The Bertz CT molecular complexity index is 1340.